The minimum absolute atomic E-state index is 0.221. The second-order valence-electron chi connectivity index (χ2n) is 5.48. The van der Waals surface area contributed by atoms with Crippen LogP contribution in [-0.2, 0) is 6.42 Å². The first kappa shape index (κ1) is 17.0. The van der Waals surface area contributed by atoms with Gasteiger partial charge in [0.05, 0.1) is 17.9 Å². The van der Waals surface area contributed by atoms with Crippen molar-refractivity contribution in [1.82, 2.24) is 19.7 Å². The molecule has 130 valence electrons. The summed E-state index contributed by atoms with van der Waals surface area (Å²) in [6.07, 6.45) is 4.28. The van der Waals surface area contributed by atoms with E-state index in [-0.39, 0.29) is 11.4 Å². The minimum atomic E-state index is -0.675. The number of nitrogens with zero attached hydrogens (tertiary/aromatic N) is 4. The van der Waals surface area contributed by atoms with Gasteiger partial charge in [-0.2, -0.15) is 4.68 Å². The number of aryl methyl sites for hydroxylation is 1. The molecule has 0 saturated heterocycles. The zero-order valence-electron chi connectivity index (χ0n) is 14.3. The van der Waals surface area contributed by atoms with Crippen molar-refractivity contribution in [2.24, 2.45) is 0 Å². The maximum Gasteiger partial charge on any atom is 0.250 e. The predicted molar refractivity (Wildman–Crippen MR) is 89.8 cm³/mol. The van der Waals surface area contributed by atoms with Gasteiger partial charge in [0.2, 0.25) is 5.88 Å². The molecule has 0 spiro atoms. The van der Waals surface area contributed by atoms with E-state index in [2.05, 4.69) is 15.1 Å². The normalized spacial score (nSPS) is 10.9. The zero-order chi connectivity index (χ0) is 18.0. The maximum absolute atomic E-state index is 14.3. The molecule has 0 aliphatic rings. The van der Waals surface area contributed by atoms with E-state index in [4.69, 9.17) is 4.74 Å². The zero-order valence-corrected chi connectivity index (χ0v) is 14.3. The summed E-state index contributed by atoms with van der Waals surface area (Å²) >= 11 is 0. The van der Waals surface area contributed by atoms with E-state index in [1.165, 1.54) is 16.8 Å². The van der Waals surface area contributed by atoms with E-state index < -0.39 is 11.6 Å². The third-order valence-corrected chi connectivity index (χ3v) is 3.86. The van der Waals surface area contributed by atoms with Crippen LogP contribution in [0.5, 0.6) is 5.88 Å². The molecule has 0 aliphatic carbocycles. The summed E-state index contributed by atoms with van der Waals surface area (Å²) in [4.78, 5) is 8.61. The number of benzene rings is 1. The highest BCUT2D eigenvalue weighted by Crippen LogP contribution is 2.35. The molecule has 2 aromatic heterocycles. The molecule has 0 bridgehead atoms. The van der Waals surface area contributed by atoms with Crippen LogP contribution < -0.4 is 4.74 Å². The lowest BCUT2D eigenvalue weighted by molar-refractivity contribution is 0.325. The van der Waals surface area contributed by atoms with Gasteiger partial charge in [-0.3, -0.25) is 0 Å². The van der Waals surface area contributed by atoms with Crippen molar-refractivity contribution < 1.29 is 13.5 Å². The quantitative estimate of drug-likeness (QED) is 0.705. The molecule has 7 heteroatoms. The Morgan fingerprint density at radius 2 is 1.84 bits per heavy atom. The van der Waals surface area contributed by atoms with Crippen LogP contribution in [0.1, 0.15) is 25.1 Å². The number of aromatic nitrogens is 4. The Labute approximate surface area is 144 Å². The summed E-state index contributed by atoms with van der Waals surface area (Å²) in [6, 6.07) is 3.43. The summed E-state index contributed by atoms with van der Waals surface area (Å²) in [5.41, 5.74) is 2.29. The maximum atomic E-state index is 14.3. The highest BCUT2D eigenvalue weighted by Gasteiger charge is 2.22. The van der Waals surface area contributed by atoms with Gasteiger partial charge in [0.1, 0.15) is 11.6 Å². The highest BCUT2D eigenvalue weighted by molar-refractivity contribution is 5.72. The molecular weight excluding hydrogens is 326 g/mol. The van der Waals surface area contributed by atoms with Crippen LogP contribution in [0.3, 0.4) is 0 Å². The van der Waals surface area contributed by atoms with Crippen molar-refractivity contribution in [2.75, 3.05) is 6.61 Å². The molecule has 0 unspecified atom stereocenters. The topological polar surface area (TPSA) is 52.8 Å². The Bertz CT molecular complexity index is 891. The fourth-order valence-corrected chi connectivity index (χ4v) is 2.55. The SMILES string of the molecule is CCOc1nn(-c2ncc(CC)cn2)c(C)c1-c1ccc(F)cc1F. The summed E-state index contributed by atoms with van der Waals surface area (Å²) < 4.78 is 34.6. The van der Waals surface area contributed by atoms with Crippen molar-refractivity contribution in [1.29, 1.82) is 0 Å². The molecule has 0 fully saturated rings. The first-order chi connectivity index (χ1) is 12.0. The Morgan fingerprint density at radius 1 is 1.12 bits per heavy atom. The first-order valence-corrected chi connectivity index (χ1v) is 8.04. The van der Waals surface area contributed by atoms with Crippen LogP contribution in [0.25, 0.3) is 17.1 Å². The van der Waals surface area contributed by atoms with Crippen LogP contribution in [0.4, 0.5) is 8.78 Å². The lowest BCUT2D eigenvalue weighted by atomic mass is 10.1. The van der Waals surface area contributed by atoms with Crippen LogP contribution in [0.15, 0.2) is 30.6 Å². The van der Waals surface area contributed by atoms with Crippen LogP contribution in [-0.4, -0.2) is 26.4 Å². The molecule has 1 aromatic carbocycles. The van der Waals surface area contributed by atoms with E-state index in [0.29, 0.717) is 23.8 Å². The van der Waals surface area contributed by atoms with Crippen molar-refractivity contribution in [3.05, 3.63) is 53.5 Å². The molecule has 0 amide bonds. The van der Waals surface area contributed by atoms with Crippen molar-refractivity contribution >= 4 is 0 Å². The smallest absolute Gasteiger partial charge is 0.250 e. The fourth-order valence-electron chi connectivity index (χ4n) is 2.55. The van der Waals surface area contributed by atoms with E-state index >= 15 is 0 Å². The first-order valence-electron chi connectivity index (χ1n) is 8.04. The molecule has 5 nitrogen and oxygen atoms in total. The average Bonchev–Trinajstić information content (AvgIpc) is 2.92. The largest absolute Gasteiger partial charge is 0.476 e. The van der Waals surface area contributed by atoms with E-state index in [1.54, 1.807) is 19.3 Å². The highest BCUT2D eigenvalue weighted by atomic mass is 19.1. The van der Waals surface area contributed by atoms with E-state index in [0.717, 1.165) is 18.1 Å². The van der Waals surface area contributed by atoms with Gasteiger partial charge in [0.25, 0.3) is 5.95 Å². The van der Waals surface area contributed by atoms with Crippen molar-refractivity contribution in [3.63, 3.8) is 0 Å². The molecule has 0 saturated carbocycles. The van der Waals surface area contributed by atoms with Crippen LogP contribution in [0, 0.1) is 18.6 Å². The van der Waals surface area contributed by atoms with Gasteiger partial charge in [0.15, 0.2) is 0 Å². The molecule has 0 atom stereocenters. The Hall–Kier alpha value is -2.83. The van der Waals surface area contributed by atoms with Crippen LogP contribution in [0.2, 0.25) is 0 Å². The third kappa shape index (κ3) is 3.22. The van der Waals surface area contributed by atoms with Gasteiger partial charge >= 0.3 is 0 Å². The average molecular weight is 344 g/mol. The molecule has 2 heterocycles. The van der Waals surface area contributed by atoms with Crippen molar-refractivity contribution in [2.45, 2.75) is 27.2 Å². The minimum Gasteiger partial charge on any atom is -0.476 e. The fraction of sp³-hybridized carbons (Fsp3) is 0.278. The number of hydrogen-bond acceptors (Lipinski definition) is 4. The number of hydrogen-bond donors (Lipinski definition) is 0. The Morgan fingerprint density at radius 3 is 2.44 bits per heavy atom. The van der Waals surface area contributed by atoms with Gasteiger partial charge in [-0.25, -0.2) is 18.7 Å². The summed E-state index contributed by atoms with van der Waals surface area (Å²) in [7, 11) is 0. The van der Waals surface area contributed by atoms with E-state index in [1.807, 2.05) is 13.8 Å². The van der Waals surface area contributed by atoms with Gasteiger partial charge in [0, 0.05) is 24.0 Å². The van der Waals surface area contributed by atoms with Crippen molar-refractivity contribution in [3.8, 4) is 23.0 Å². The molecule has 0 N–H and O–H groups in total. The molecule has 3 rings (SSSR count). The summed E-state index contributed by atoms with van der Waals surface area (Å²) in [5.74, 6) is -0.688. The second-order valence-corrected chi connectivity index (χ2v) is 5.48. The van der Waals surface area contributed by atoms with Gasteiger partial charge in [-0.05, 0) is 38.0 Å². The monoisotopic (exact) mass is 344 g/mol. The standard InChI is InChI=1S/C18H18F2N4O/c1-4-12-9-21-18(22-10-12)24-11(3)16(17(23-24)25-5-2)14-7-6-13(19)8-15(14)20/h6-10H,4-5H2,1-3H3. The summed E-state index contributed by atoms with van der Waals surface area (Å²) in [5, 5.41) is 4.37. The van der Waals surface area contributed by atoms with E-state index in [9.17, 15) is 8.78 Å². The van der Waals surface area contributed by atoms with Gasteiger partial charge in [-0.1, -0.05) is 6.92 Å². The Balaban J connectivity index is 2.16. The van der Waals surface area contributed by atoms with Gasteiger partial charge < -0.3 is 4.74 Å². The van der Waals surface area contributed by atoms with Crippen LogP contribution >= 0.6 is 0 Å². The Kier molecular flexibility index (Phi) is 4.74. The molecule has 25 heavy (non-hydrogen) atoms. The molecule has 0 aliphatic heterocycles. The summed E-state index contributed by atoms with van der Waals surface area (Å²) in [6.45, 7) is 5.96. The molecule has 3 aromatic rings. The number of rotatable bonds is 5. The molecule has 0 radical (unpaired) electrons. The third-order valence-electron chi connectivity index (χ3n) is 3.86. The lowest BCUT2D eigenvalue weighted by Crippen LogP contribution is -2.05. The number of halogens is 2. The lowest BCUT2D eigenvalue weighted by Gasteiger charge is -2.06. The van der Waals surface area contributed by atoms with Gasteiger partial charge in [-0.15, -0.1) is 5.10 Å². The predicted octanol–water partition coefficient (Wildman–Crippen LogP) is 3.88. The second kappa shape index (κ2) is 6.96. The molecular formula is C18H18F2N4O. The number of ether oxygens (including phenoxy) is 1.